The third-order valence-electron chi connectivity index (χ3n) is 6.29. The third-order valence-corrected chi connectivity index (χ3v) is 10.6. The molecular weight excluding hydrogens is 439 g/mol. The summed E-state index contributed by atoms with van der Waals surface area (Å²) in [6, 6.07) is 41.5. The molecular formula is C30H22O3P+. The second-order valence-electron chi connectivity index (χ2n) is 8.37. The summed E-state index contributed by atoms with van der Waals surface area (Å²) in [5.41, 5.74) is 0.904. The lowest BCUT2D eigenvalue weighted by Gasteiger charge is -2.26. The van der Waals surface area contributed by atoms with Gasteiger partial charge in [0.25, 0.3) is 0 Å². The van der Waals surface area contributed by atoms with E-state index in [4.69, 9.17) is 8.83 Å². The van der Waals surface area contributed by atoms with Crippen LogP contribution in [0.15, 0.2) is 135 Å². The number of furan rings is 1. The van der Waals surface area contributed by atoms with Crippen LogP contribution >= 0.6 is 7.26 Å². The number of hydrogen-bond donors (Lipinski definition) is 0. The van der Waals surface area contributed by atoms with Crippen molar-refractivity contribution in [2.24, 2.45) is 0 Å². The van der Waals surface area contributed by atoms with Crippen LogP contribution in [0.1, 0.15) is 5.76 Å². The molecule has 0 bridgehead atoms. The largest absolute Gasteiger partial charge is 0.457 e. The van der Waals surface area contributed by atoms with Gasteiger partial charge in [-0.3, -0.25) is 0 Å². The first-order valence-corrected chi connectivity index (χ1v) is 13.2. The molecule has 0 fully saturated rings. The van der Waals surface area contributed by atoms with Crippen molar-refractivity contribution in [2.45, 2.75) is 6.16 Å². The second kappa shape index (κ2) is 8.44. The van der Waals surface area contributed by atoms with Crippen molar-refractivity contribution in [3.8, 4) is 0 Å². The van der Waals surface area contributed by atoms with E-state index in [0.717, 1.165) is 28.3 Å². The highest BCUT2D eigenvalue weighted by Crippen LogP contribution is 2.58. The van der Waals surface area contributed by atoms with E-state index in [9.17, 15) is 4.79 Å². The molecule has 164 valence electrons. The molecule has 0 atom stereocenters. The zero-order chi connectivity index (χ0) is 23.0. The Hall–Kier alpha value is -3.94. The minimum absolute atomic E-state index is 0.360. The monoisotopic (exact) mass is 461 g/mol. The van der Waals surface area contributed by atoms with Crippen LogP contribution in [0.2, 0.25) is 0 Å². The maximum Gasteiger partial charge on any atom is 0.336 e. The Kier molecular flexibility index (Phi) is 5.13. The molecule has 0 aliphatic heterocycles. The normalized spacial score (nSPS) is 11.8. The highest BCUT2D eigenvalue weighted by molar-refractivity contribution is 7.95. The molecule has 6 aromatic rings. The third kappa shape index (κ3) is 3.55. The fraction of sp³-hybridized carbons (Fsp3) is 0.0333. The van der Waals surface area contributed by atoms with Gasteiger partial charge in [-0.05, 0) is 54.6 Å². The summed E-state index contributed by atoms with van der Waals surface area (Å²) in [5, 5.41) is 5.82. The predicted octanol–water partition coefficient (Wildman–Crippen LogP) is 6.03. The molecule has 4 heteroatoms. The summed E-state index contributed by atoms with van der Waals surface area (Å²) in [4.78, 5) is 11.7. The van der Waals surface area contributed by atoms with Gasteiger partial charge in [0.05, 0.1) is 0 Å². The van der Waals surface area contributed by atoms with E-state index in [1.54, 1.807) is 6.07 Å². The highest BCUT2D eigenvalue weighted by atomic mass is 31.2. The molecule has 0 saturated carbocycles. The first-order chi connectivity index (χ1) is 16.7. The smallest absolute Gasteiger partial charge is 0.336 e. The summed E-state index contributed by atoms with van der Waals surface area (Å²) < 4.78 is 11.8. The quantitative estimate of drug-likeness (QED) is 0.232. The minimum Gasteiger partial charge on any atom is -0.457 e. The number of rotatable bonds is 5. The molecule has 0 amide bonds. The fourth-order valence-electron chi connectivity index (χ4n) is 4.74. The van der Waals surface area contributed by atoms with E-state index in [1.165, 1.54) is 22.0 Å². The van der Waals surface area contributed by atoms with Crippen LogP contribution in [0.5, 0.6) is 0 Å². The Bertz CT molecular complexity index is 1540. The number of fused-ring (bicyclic) bond motifs is 2. The van der Waals surface area contributed by atoms with Crippen LogP contribution in [-0.4, -0.2) is 0 Å². The summed E-state index contributed by atoms with van der Waals surface area (Å²) in [5.74, 6) is 0.914. The Morgan fingerprint density at radius 3 is 1.62 bits per heavy atom. The molecule has 0 radical (unpaired) electrons. The molecule has 0 aliphatic rings. The Labute approximate surface area is 197 Å². The number of benzene rings is 4. The molecule has 2 aromatic heterocycles. The van der Waals surface area contributed by atoms with Crippen molar-refractivity contribution in [1.29, 1.82) is 0 Å². The van der Waals surface area contributed by atoms with Gasteiger partial charge >= 0.3 is 5.63 Å². The average molecular weight is 461 g/mol. The molecule has 6 rings (SSSR count). The van der Waals surface area contributed by atoms with Gasteiger partial charge in [-0.1, -0.05) is 54.6 Å². The zero-order valence-electron chi connectivity index (χ0n) is 18.4. The minimum atomic E-state index is -2.06. The van der Waals surface area contributed by atoms with Crippen molar-refractivity contribution in [3.63, 3.8) is 0 Å². The van der Waals surface area contributed by atoms with Gasteiger partial charge in [-0.15, -0.1) is 0 Å². The number of hydrogen-bond acceptors (Lipinski definition) is 3. The average Bonchev–Trinajstić information content (AvgIpc) is 3.28. The van der Waals surface area contributed by atoms with Gasteiger partial charge in [-0.2, -0.15) is 0 Å². The Balaban J connectivity index is 1.58. The SMILES string of the molecule is O=c1ccc2cc3cc(C[P+](c4ccccc4)(c4ccccc4)c4ccccc4)oc3cc2o1. The fourth-order valence-corrected chi connectivity index (χ4v) is 8.85. The molecule has 0 saturated heterocycles. The lowest BCUT2D eigenvalue weighted by molar-refractivity contribution is 0.555. The van der Waals surface area contributed by atoms with Gasteiger partial charge in [0.1, 0.15) is 46.3 Å². The summed E-state index contributed by atoms with van der Waals surface area (Å²) in [6.45, 7) is 0. The standard InChI is InChI=1S/C30H22O3P/c31-30-17-16-22-18-23-19-24(32-29(23)20-28(22)33-30)21-34(25-10-4-1-5-11-25,26-12-6-2-7-13-26)27-14-8-3-9-15-27/h1-20H,21H2/q+1. The molecule has 0 N–H and O–H groups in total. The first-order valence-electron chi connectivity index (χ1n) is 11.2. The van der Waals surface area contributed by atoms with E-state index < -0.39 is 7.26 Å². The Morgan fingerprint density at radius 1 is 0.529 bits per heavy atom. The van der Waals surface area contributed by atoms with Crippen molar-refractivity contribution >= 4 is 45.1 Å². The van der Waals surface area contributed by atoms with Crippen molar-refractivity contribution in [3.05, 3.63) is 138 Å². The maximum absolute atomic E-state index is 11.7. The highest BCUT2D eigenvalue weighted by Gasteiger charge is 2.46. The zero-order valence-corrected chi connectivity index (χ0v) is 19.3. The van der Waals surface area contributed by atoms with E-state index >= 15 is 0 Å². The van der Waals surface area contributed by atoms with Crippen LogP contribution in [0.4, 0.5) is 0 Å². The van der Waals surface area contributed by atoms with Crippen LogP contribution in [0.25, 0.3) is 21.9 Å². The lowest BCUT2D eigenvalue weighted by Crippen LogP contribution is -2.32. The van der Waals surface area contributed by atoms with Crippen molar-refractivity contribution in [1.82, 2.24) is 0 Å². The van der Waals surface area contributed by atoms with Crippen molar-refractivity contribution < 1.29 is 8.83 Å². The van der Waals surface area contributed by atoms with Gasteiger partial charge in [-0.25, -0.2) is 4.79 Å². The predicted molar refractivity (Wildman–Crippen MR) is 141 cm³/mol. The van der Waals surface area contributed by atoms with Crippen molar-refractivity contribution in [2.75, 3.05) is 0 Å². The first kappa shape index (κ1) is 20.7. The summed E-state index contributed by atoms with van der Waals surface area (Å²) >= 11 is 0. The molecule has 4 aromatic carbocycles. The molecule has 0 spiro atoms. The van der Waals surface area contributed by atoms with Crippen LogP contribution in [0, 0.1) is 0 Å². The molecule has 0 aliphatic carbocycles. The van der Waals surface area contributed by atoms with Gasteiger partial charge in [0, 0.05) is 22.9 Å². The van der Waals surface area contributed by atoms with Gasteiger partial charge < -0.3 is 8.83 Å². The molecule has 3 nitrogen and oxygen atoms in total. The molecule has 2 heterocycles. The van der Waals surface area contributed by atoms with Gasteiger partial charge in [0.15, 0.2) is 0 Å². The van der Waals surface area contributed by atoms with E-state index in [2.05, 4.69) is 97.1 Å². The van der Waals surface area contributed by atoms with Crippen LogP contribution in [0.3, 0.4) is 0 Å². The van der Waals surface area contributed by atoms with E-state index in [-0.39, 0.29) is 5.63 Å². The van der Waals surface area contributed by atoms with Crippen LogP contribution < -0.4 is 21.5 Å². The summed E-state index contributed by atoms with van der Waals surface area (Å²) in [6.07, 6.45) is 0.750. The maximum atomic E-state index is 11.7. The van der Waals surface area contributed by atoms with Crippen LogP contribution in [-0.2, 0) is 6.16 Å². The Morgan fingerprint density at radius 2 is 1.06 bits per heavy atom. The van der Waals surface area contributed by atoms with E-state index in [1.807, 2.05) is 12.1 Å². The van der Waals surface area contributed by atoms with Gasteiger partial charge in [0.2, 0.25) is 0 Å². The molecule has 34 heavy (non-hydrogen) atoms. The topological polar surface area (TPSA) is 43.4 Å². The van der Waals surface area contributed by atoms with E-state index in [0.29, 0.717) is 5.58 Å². The second-order valence-corrected chi connectivity index (χ2v) is 11.9. The lowest BCUT2D eigenvalue weighted by atomic mass is 10.2. The molecule has 0 unspecified atom stereocenters. The summed E-state index contributed by atoms with van der Waals surface area (Å²) in [7, 11) is -2.06.